The van der Waals surface area contributed by atoms with E-state index in [1.54, 1.807) is 14.0 Å². The predicted molar refractivity (Wildman–Crippen MR) is 39.2 cm³/mol. The van der Waals surface area contributed by atoms with E-state index in [9.17, 15) is 4.79 Å². The number of hydroxylamine groups is 2. The van der Waals surface area contributed by atoms with Crippen molar-refractivity contribution in [3.8, 4) is 0 Å². The summed E-state index contributed by atoms with van der Waals surface area (Å²) < 4.78 is 0. The van der Waals surface area contributed by atoms with Crippen LogP contribution in [0.5, 0.6) is 0 Å². The van der Waals surface area contributed by atoms with Crippen LogP contribution in [0, 0.1) is 0 Å². The van der Waals surface area contributed by atoms with Crippen LogP contribution in [0.2, 0.25) is 0 Å². The molecule has 0 aromatic carbocycles. The van der Waals surface area contributed by atoms with Crippen molar-refractivity contribution in [2.45, 2.75) is 13.3 Å². The van der Waals surface area contributed by atoms with Gasteiger partial charge in [0.15, 0.2) is 0 Å². The second-order valence-electron chi connectivity index (χ2n) is 2.21. The summed E-state index contributed by atoms with van der Waals surface area (Å²) in [5.74, 6) is -0.0741. The Bertz CT molecular complexity index is 143. The second kappa shape index (κ2) is 4.06. The van der Waals surface area contributed by atoms with Crippen LogP contribution >= 0.6 is 0 Å². The molecule has 0 radical (unpaired) electrons. The van der Waals surface area contributed by atoms with Gasteiger partial charge in [0.25, 0.3) is 0 Å². The van der Waals surface area contributed by atoms with Gasteiger partial charge in [-0.25, -0.2) is 5.06 Å². The number of carbonyl (C=O) groups is 1. The first-order valence-electron chi connectivity index (χ1n) is 3.03. The quantitative estimate of drug-likeness (QED) is 0.435. The SMILES string of the molecule is C=C(C)CC(=O)N(C)OC. The fraction of sp³-hybridized carbons (Fsp3) is 0.571. The number of nitrogens with zero attached hydrogens (tertiary/aromatic N) is 1. The van der Waals surface area contributed by atoms with E-state index in [2.05, 4.69) is 11.4 Å². The van der Waals surface area contributed by atoms with Crippen LogP contribution in [0.3, 0.4) is 0 Å². The Morgan fingerprint density at radius 3 is 2.50 bits per heavy atom. The highest BCUT2D eigenvalue weighted by Crippen LogP contribution is 1.98. The number of hydrogen-bond acceptors (Lipinski definition) is 2. The minimum absolute atomic E-state index is 0.0741. The van der Waals surface area contributed by atoms with E-state index in [1.165, 1.54) is 12.2 Å². The third-order valence-electron chi connectivity index (χ3n) is 1.08. The third kappa shape index (κ3) is 3.25. The van der Waals surface area contributed by atoms with Gasteiger partial charge in [-0.15, -0.1) is 0 Å². The van der Waals surface area contributed by atoms with E-state index < -0.39 is 0 Å². The number of carbonyl (C=O) groups excluding carboxylic acids is 1. The van der Waals surface area contributed by atoms with E-state index in [0.717, 1.165) is 5.57 Å². The molecule has 58 valence electrons. The van der Waals surface area contributed by atoms with Crippen LogP contribution in [0.4, 0.5) is 0 Å². The zero-order chi connectivity index (χ0) is 8.15. The van der Waals surface area contributed by atoms with Crippen molar-refractivity contribution in [3.63, 3.8) is 0 Å². The molecule has 0 unspecified atom stereocenters. The van der Waals surface area contributed by atoms with Gasteiger partial charge >= 0.3 is 0 Å². The summed E-state index contributed by atoms with van der Waals surface area (Å²) in [5, 5.41) is 1.19. The molecule has 0 atom stereocenters. The highest BCUT2D eigenvalue weighted by Gasteiger charge is 2.06. The fourth-order valence-corrected chi connectivity index (χ4v) is 0.471. The number of hydrogen-bond donors (Lipinski definition) is 0. The number of rotatable bonds is 3. The molecule has 0 bridgehead atoms. The maximum absolute atomic E-state index is 10.9. The third-order valence-corrected chi connectivity index (χ3v) is 1.08. The van der Waals surface area contributed by atoms with Crippen molar-refractivity contribution in [3.05, 3.63) is 12.2 Å². The maximum atomic E-state index is 10.9. The standard InChI is InChI=1S/C7H13NO2/c1-6(2)5-7(9)8(3)10-4/h1,5H2,2-4H3. The molecule has 0 rings (SSSR count). The van der Waals surface area contributed by atoms with Gasteiger partial charge in [-0.05, 0) is 6.92 Å². The van der Waals surface area contributed by atoms with Crippen molar-refractivity contribution in [1.82, 2.24) is 5.06 Å². The summed E-state index contributed by atoms with van der Waals surface area (Å²) in [6.45, 7) is 5.42. The Hall–Kier alpha value is -0.830. The summed E-state index contributed by atoms with van der Waals surface area (Å²) in [5.41, 5.74) is 0.842. The van der Waals surface area contributed by atoms with Crippen LogP contribution in [-0.2, 0) is 9.63 Å². The lowest BCUT2D eigenvalue weighted by molar-refractivity contribution is -0.167. The Morgan fingerprint density at radius 1 is 1.70 bits per heavy atom. The molecule has 0 saturated heterocycles. The Kier molecular flexibility index (Phi) is 3.72. The highest BCUT2D eigenvalue weighted by molar-refractivity contribution is 5.77. The first-order chi connectivity index (χ1) is 4.57. The van der Waals surface area contributed by atoms with E-state index in [0.29, 0.717) is 6.42 Å². The average Bonchev–Trinajstić information content (AvgIpc) is 1.85. The predicted octanol–water partition coefficient (Wildman–Crippen LogP) is 0.972. The maximum Gasteiger partial charge on any atom is 0.249 e. The molecule has 0 saturated carbocycles. The van der Waals surface area contributed by atoms with Crippen molar-refractivity contribution < 1.29 is 9.63 Å². The summed E-state index contributed by atoms with van der Waals surface area (Å²) in [6.07, 6.45) is 0.352. The molecule has 0 aromatic heterocycles. The van der Waals surface area contributed by atoms with Gasteiger partial charge in [0.1, 0.15) is 0 Å². The van der Waals surface area contributed by atoms with Gasteiger partial charge in [0.05, 0.1) is 7.11 Å². The van der Waals surface area contributed by atoms with Gasteiger partial charge in [-0.2, -0.15) is 0 Å². The van der Waals surface area contributed by atoms with Crippen molar-refractivity contribution in [1.29, 1.82) is 0 Å². The first kappa shape index (κ1) is 9.17. The Balaban J connectivity index is 3.73. The molecule has 0 aliphatic carbocycles. The van der Waals surface area contributed by atoms with E-state index in [-0.39, 0.29) is 5.91 Å². The lowest BCUT2D eigenvalue weighted by atomic mass is 10.2. The number of amides is 1. The highest BCUT2D eigenvalue weighted by atomic mass is 16.7. The zero-order valence-corrected chi connectivity index (χ0v) is 6.68. The van der Waals surface area contributed by atoms with Crippen molar-refractivity contribution in [2.24, 2.45) is 0 Å². The van der Waals surface area contributed by atoms with Gasteiger partial charge in [0.2, 0.25) is 5.91 Å². The first-order valence-corrected chi connectivity index (χ1v) is 3.03. The summed E-state index contributed by atoms with van der Waals surface area (Å²) in [6, 6.07) is 0. The van der Waals surface area contributed by atoms with Crippen LogP contribution in [-0.4, -0.2) is 25.1 Å². The molecule has 0 N–H and O–H groups in total. The average molecular weight is 143 g/mol. The van der Waals surface area contributed by atoms with Crippen molar-refractivity contribution in [2.75, 3.05) is 14.2 Å². The van der Waals surface area contributed by atoms with Crippen LogP contribution in [0.1, 0.15) is 13.3 Å². The topological polar surface area (TPSA) is 29.5 Å². The molecule has 0 aromatic rings. The van der Waals surface area contributed by atoms with E-state index in [4.69, 9.17) is 0 Å². The lowest BCUT2D eigenvalue weighted by Crippen LogP contribution is -2.25. The van der Waals surface area contributed by atoms with E-state index in [1.807, 2.05) is 0 Å². The van der Waals surface area contributed by atoms with Crippen LogP contribution in [0.15, 0.2) is 12.2 Å². The van der Waals surface area contributed by atoms with Gasteiger partial charge < -0.3 is 0 Å². The molecule has 3 nitrogen and oxygen atoms in total. The molecule has 3 heteroatoms. The molecule has 0 aliphatic heterocycles. The second-order valence-corrected chi connectivity index (χ2v) is 2.21. The minimum Gasteiger partial charge on any atom is -0.275 e. The normalized spacial score (nSPS) is 9.10. The minimum atomic E-state index is -0.0741. The van der Waals surface area contributed by atoms with Gasteiger partial charge in [-0.1, -0.05) is 12.2 Å². The molecule has 10 heavy (non-hydrogen) atoms. The largest absolute Gasteiger partial charge is 0.275 e. The summed E-state index contributed by atoms with van der Waals surface area (Å²) in [4.78, 5) is 15.6. The van der Waals surface area contributed by atoms with Gasteiger partial charge in [-0.3, -0.25) is 9.63 Å². The molecular formula is C7H13NO2. The Labute approximate surface area is 61.2 Å². The lowest BCUT2D eigenvalue weighted by Gasteiger charge is -2.12. The Morgan fingerprint density at radius 2 is 2.20 bits per heavy atom. The molecule has 0 spiro atoms. The summed E-state index contributed by atoms with van der Waals surface area (Å²) >= 11 is 0. The van der Waals surface area contributed by atoms with E-state index >= 15 is 0 Å². The molecule has 0 aliphatic rings. The smallest absolute Gasteiger partial charge is 0.249 e. The molecule has 0 fully saturated rings. The van der Waals surface area contributed by atoms with Crippen molar-refractivity contribution >= 4 is 5.91 Å². The zero-order valence-electron chi connectivity index (χ0n) is 6.68. The van der Waals surface area contributed by atoms with Crippen LogP contribution < -0.4 is 0 Å². The van der Waals surface area contributed by atoms with Gasteiger partial charge in [0, 0.05) is 13.5 Å². The molecule has 0 heterocycles. The van der Waals surface area contributed by atoms with Crippen LogP contribution in [0.25, 0.3) is 0 Å². The molecular weight excluding hydrogens is 130 g/mol. The molecule has 1 amide bonds. The monoisotopic (exact) mass is 143 g/mol. The fourth-order valence-electron chi connectivity index (χ4n) is 0.471. The summed E-state index contributed by atoms with van der Waals surface area (Å²) in [7, 11) is 3.03.